The molecule has 0 saturated heterocycles. The molecule has 1 amide bonds. The molecular formula is C4H7NO5S. The van der Waals surface area contributed by atoms with E-state index in [-0.39, 0.29) is 0 Å². The van der Waals surface area contributed by atoms with Gasteiger partial charge in [0.05, 0.1) is 0 Å². The summed E-state index contributed by atoms with van der Waals surface area (Å²) < 4.78 is 26.1. The summed E-state index contributed by atoms with van der Waals surface area (Å²) >= 11 is 0. The zero-order chi connectivity index (χ0) is 9.07. The fraction of sp³-hybridized carbons (Fsp3) is 0.500. The Bertz CT molecular complexity index is 244. The van der Waals surface area contributed by atoms with Gasteiger partial charge in [-0.05, 0) is 0 Å². The molecule has 0 atom stereocenters. The Balaban J connectivity index is 4.25. The van der Waals surface area contributed by atoms with Crippen molar-refractivity contribution in [1.29, 1.82) is 0 Å². The van der Waals surface area contributed by atoms with E-state index >= 15 is 0 Å². The molecule has 0 unspecified atom stereocenters. The van der Waals surface area contributed by atoms with E-state index in [2.05, 4.69) is 4.18 Å². The highest BCUT2D eigenvalue weighted by atomic mass is 32.2. The third kappa shape index (κ3) is 5.34. The second kappa shape index (κ2) is 3.33. The van der Waals surface area contributed by atoms with Crippen LogP contribution in [-0.4, -0.2) is 20.3 Å². The van der Waals surface area contributed by atoms with Gasteiger partial charge in [-0.2, -0.15) is 8.42 Å². The largest absolute Gasteiger partial charge is 0.412 e. The van der Waals surface area contributed by atoms with Gasteiger partial charge in [0, 0.05) is 13.8 Å². The van der Waals surface area contributed by atoms with Crippen molar-refractivity contribution in [2.75, 3.05) is 0 Å². The van der Waals surface area contributed by atoms with Crippen molar-refractivity contribution in [1.82, 2.24) is 4.72 Å². The molecule has 0 heterocycles. The van der Waals surface area contributed by atoms with Gasteiger partial charge in [-0.25, -0.2) is 4.72 Å². The summed E-state index contributed by atoms with van der Waals surface area (Å²) in [5.74, 6) is -1.81. The van der Waals surface area contributed by atoms with Gasteiger partial charge in [-0.1, -0.05) is 0 Å². The van der Waals surface area contributed by atoms with E-state index in [1.54, 1.807) is 0 Å². The average molecular weight is 181 g/mol. The quantitative estimate of drug-likeness (QED) is 0.585. The molecule has 64 valence electrons. The molecule has 0 fully saturated rings. The number of hydrogen-bond donors (Lipinski definition) is 1. The molecule has 0 spiro atoms. The molecule has 7 heteroatoms. The molecule has 0 aliphatic heterocycles. The number of carbonyl (C=O) groups excluding carboxylic acids is 2. The molecule has 0 bridgehead atoms. The highest BCUT2D eigenvalue weighted by Crippen LogP contribution is 1.87. The standard InChI is InChI=1S/C4H7NO5S/c1-3(6)5-11(8,9)10-4(2)7/h1-2H3,(H,5,6). The lowest BCUT2D eigenvalue weighted by atomic mass is 10.8. The molecule has 1 N–H and O–H groups in total. The van der Waals surface area contributed by atoms with Crippen LogP contribution in [0.15, 0.2) is 0 Å². The Morgan fingerprint density at radius 2 is 1.73 bits per heavy atom. The summed E-state index contributed by atoms with van der Waals surface area (Å²) in [4.78, 5) is 20.2. The normalized spacial score (nSPS) is 10.4. The Kier molecular flexibility index (Phi) is 2.99. The van der Waals surface area contributed by atoms with Crippen molar-refractivity contribution in [3.8, 4) is 0 Å². The Hall–Kier alpha value is -1.11. The Morgan fingerprint density at radius 3 is 2.00 bits per heavy atom. The van der Waals surface area contributed by atoms with Gasteiger partial charge in [0.25, 0.3) is 0 Å². The maximum absolute atomic E-state index is 10.5. The van der Waals surface area contributed by atoms with E-state index in [1.807, 2.05) is 0 Å². The van der Waals surface area contributed by atoms with Crippen LogP contribution in [0, 0.1) is 0 Å². The van der Waals surface area contributed by atoms with E-state index in [1.165, 1.54) is 4.72 Å². The average Bonchev–Trinajstić information content (AvgIpc) is 1.53. The summed E-state index contributed by atoms with van der Waals surface area (Å²) in [6.45, 7) is 1.90. The van der Waals surface area contributed by atoms with Gasteiger partial charge < -0.3 is 4.18 Å². The van der Waals surface area contributed by atoms with Crippen molar-refractivity contribution in [3.05, 3.63) is 0 Å². The minimum Gasteiger partial charge on any atom is -0.330 e. The first-order valence-corrected chi connectivity index (χ1v) is 3.97. The summed E-state index contributed by atoms with van der Waals surface area (Å²) in [6.07, 6.45) is 0. The lowest BCUT2D eigenvalue weighted by molar-refractivity contribution is -0.131. The van der Waals surface area contributed by atoms with E-state index in [4.69, 9.17) is 0 Å². The van der Waals surface area contributed by atoms with Crippen molar-refractivity contribution in [2.24, 2.45) is 0 Å². The third-order valence-corrected chi connectivity index (χ3v) is 1.49. The molecule has 0 saturated carbocycles. The molecular weight excluding hydrogens is 174 g/mol. The van der Waals surface area contributed by atoms with Crippen molar-refractivity contribution in [2.45, 2.75) is 13.8 Å². The first-order valence-electron chi connectivity index (χ1n) is 2.57. The van der Waals surface area contributed by atoms with Crippen molar-refractivity contribution in [3.63, 3.8) is 0 Å². The first-order chi connectivity index (χ1) is 4.83. The van der Waals surface area contributed by atoms with Crippen LogP contribution in [0.3, 0.4) is 0 Å². The second-order valence-electron chi connectivity index (χ2n) is 1.69. The predicted octanol–water partition coefficient (Wildman–Crippen LogP) is -1.07. The van der Waals surface area contributed by atoms with Crippen LogP contribution in [0.2, 0.25) is 0 Å². The van der Waals surface area contributed by atoms with Crippen LogP contribution in [0.5, 0.6) is 0 Å². The fourth-order valence-electron chi connectivity index (χ4n) is 0.351. The van der Waals surface area contributed by atoms with Crippen molar-refractivity contribution >= 4 is 22.2 Å². The van der Waals surface area contributed by atoms with E-state index < -0.39 is 22.2 Å². The molecule has 11 heavy (non-hydrogen) atoms. The zero-order valence-electron chi connectivity index (χ0n) is 5.95. The van der Waals surface area contributed by atoms with Gasteiger partial charge in [-0.15, -0.1) is 0 Å². The Morgan fingerprint density at radius 1 is 1.27 bits per heavy atom. The highest BCUT2D eigenvalue weighted by molar-refractivity contribution is 7.85. The highest BCUT2D eigenvalue weighted by Gasteiger charge is 2.14. The smallest absolute Gasteiger partial charge is 0.330 e. The van der Waals surface area contributed by atoms with Crippen LogP contribution in [0.4, 0.5) is 0 Å². The van der Waals surface area contributed by atoms with Gasteiger partial charge >= 0.3 is 16.3 Å². The fourth-order valence-corrected chi connectivity index (χ4v) is 1.05. The maximum Gasteiger partial charge on any atom is 0.412 e. The topological polar surface area (TPSA) is 89.5 Å². The lowest BCUT2D eigenvalue weighted by Crippen LogP contribution is -2.31. The molecule has 0 rings (SSSR count). The molecule has 0 radical (unpaired) electrons. The molecule has 0 aromatic rings. The number of hydrogen-bond acceptors (Lipinski definition) is 5. The minimum absolute atomic E-state index is 0.814. The van der Waals surface area contributed by atoms with Crippen LogP contribution in [-0.2, 0) is 24.1 Å². The van der Waals surface area contributed by atoms with Gasteiger partial charge in [0.1, 0.15) is 0 Å². The van der Waals surface area contributed by atoms with E-state index in [0.717, 1.165) is 13.8 Å². The van der Waals surface area contributed by atoms with Crippen LogP contribution < -0.4 is 4.72 Å². The third-order valence-electron chi connectivity index (χ3n) is 0.496. The van der Waals surface area contributed by atoms with E-state index in [9.17, 15) is 18.0 Å². The summed E-state index contributed by atoms with van der Waals surface area (Å²) in [5.41, 5.74) is 0. The molecule has 0 aromatic carbocycles. The SMILES string of the molecule is CC(=O)NS(=O)(=O)OC(C)=O. The molecule has 0 aromatic heterocycles. The number of carbonyl (C=O) groups is 2. The zero-order valence-corrected chi connectivity index (χ0v) is 6.77. The van der Waals surface area contributed by atoms with Gasteiger partial charge in [0.15, 0.2) is 0 Å². The number of rotatable bonds is 2. The van der Waals surface area contributed by atoms with Crippen molar-refractivity contribution < 1.29 is 22.2 Å². The summed E-state index contributed by atoms with van der Waals surface area (Å²) in [5, 5.41) is 0. The minimum atomic E-state index is -4.23. The van der Waals surface area contributed by atoms with Crippen LogP contribution >= 0.6 is 0 Å². The number of amides is 1. The molecule has 0 aliphatic carbocycles. The molecule has 0 aliphatic rings. The first kappa shape index (κ1) is 9.89. The van der Waals surface area contributed by atoms with E-state index in [0.29, 0.717) is 0 Å². The predicted molar refractivity (Wildman–Crippen MR) is 34.5 cm³/mol. The maximum atomic E-state index is 10.5. The van der Waals surface area contributed by atoms with Crippen LogP contribution in [0.25, 0.3) is 0 Å². The Labute approximate surface area is 63.8 Å². The van der Waals surface area contributed by atoms with Gasteiger partial charge in [-0.3, -0.25) is 9.59 Å². The second-order valence-corrected chi connectivity index (χ2v) is 2.97. The summed E-state index contributed by atoms with van der Waals surface area (Å²) in [7, 11) is -4.23. The van der Waals surface area contributed by atoms with Crippen LogP contribution in [0.1, 0.15) is 13.8 Å². The molecule has 6 nitrogen and oxygen atoms in total. The summed E-state index contributed by atoms with van der Waals surface area (Å²) in [6, 6.07) is 0. The van der Waals surface area contributed by atoms with Gasteiger partial charge in [0.2, 0.25) is 5.91 Å². The lowest BCUT2D eigenvalue weighted by Gasteiger charge is -2.01. The number of nitrogens with one attached hydrogen (secondary N) is 1. The monoisotopic (exact) mass is 181 g/mol.